The van der Waals surface area contributed by atoms with Crippen LogP contribution in [0.4, 0.5) is 11.4 Å². The Labute approximate surface area is 209 Å². The summed E-state index contributed by atoms with van der Waals surface area (Å²) in [6.45, 7) is 6.49. The van der Waals surface area contributed by atoms with Crippen LogP contribution in [0.2, 0.25) is 5.02 Å². The van der Waals surface area contributed by atoms with Gasteiger partial charge in [0.1, 0.15) is 6.54 Å². The first-order valence-corrected chi connectivity index (χ1v) is 11.7. The lowest BCUT2D eigenvalue weighted by molar-refractivity contribution is -0.116. The van der Waals surface area contributed by atoms with Crippen molar-refractivity contribution in [3.05, 3.63) is 99.0 Å². The van der Waals surface area contributed by atoms with E-state index in [4.69, 9.17) is 28.9 Å². The Bertz CT molecular complexity index is 1390. The monoisotopic (exact) mass is 491 g/mol. The molecule has 34 heavy (non-hydrogen) atoms. The van der Waals surface area contributed by atoms with Crippen molar-refractivity contribution in [2.45, 2.75) is 33.9 Å². The van der Waals surface area contributed by atoms with Gasteiger partial charge in [-0.25, -0.2) is 4.68 Å². The molecule has 0 bridgehead atoms. The summed E-state index contributed by atoms with van der Waals surface area (Å²) in [6, 6.07) is 21.4. The second kappa shape index (κ2) is 10.2. The van der Waals surface area contributed by atoms with Gasteiger partial charge in [0.25, 0.3) is 0 Å². The fraction of sp³-hybridized carbons (Fsp3) is 0.192. The quantitative estimate of drug-likeness (QED) is 0.301. The van der Waals surface area contributed by atoms with E-state index in [1.54, 1.807) is 4.68 Å². The number of halogens is 1. The van der Waals surface area contributed by atoms with Crippen LogP contribution < -0.4 is 10.6 Å². The lowest BCUT2D eigenvalue weighted by atomic mass is 10.1. The molecular formula is C26H26ClN5OS. The fourth-order valence-electron chi connectivity index (χ4n) is 3.63. The summed E-state index contributed by atoms with van der Waals surface area (Å²) in [5.74, 6) is 0.502. The largest absolute Gasteiger partial charge is 0.378 e. The molecule has 0 atom stereocenters. The van der Waals surface area contributed by atoms with Crippen molar-refractivity contribution in [2.24, 2.45) is 0 Å². The highest BCUT2D eigenvalue weighted by Crippen LogP contribution is 2.21. The zero-order chi connectivity index (χ0) is 24.2. The van der Waals surface area contributed by atoms with Crippen LogP contribution in [0.3, 0.4) is 0 Å². The van der Waals surface area contributed by atoms with E-state index in [0.717, 1.165) is 33.8 Å². The Kier molecular flexibility index (Phi) is 7.14. The number of benzene rings is 3. The molecule has 1 amide bonds. The summed E-state index contributed by atoms with van der Waals surface area (Å²) in [5.41, 5.74) is 5.86. The van der Waals surface area contributed by atoms with E-state index < -0.39 is 0 Å². The van der Waals surface area contributed by atoms with Gasteiger partial charge >= 0.3 is 0 Å². The molecule has 1 aromatic heterocycles. The zero-order valence-corrected chi connectivity index (χ0v) is 20.9. The molecule has 0 fully saturated rings. The first kappa shape index (κ1) is 23.7. The maximum atomic E-state index is 12.8. The van der Waals surface area contributed by atoms with Crippen molar-refractivity contribution in [2.75, 3.05) is 10.6 Å². The third-order valence-electron chi connectivity index (χ3n) is 5.42. The van der Waals surface area contributed by atoms with Crippen molar-refractivity contribution in [1.82, 2.24) is 14.3 Å². The van der Waals surface area contributed by atoms with Crippen LogP contribution in [0, 0.1) is 25.5 Å². The molecule has 0 unspecified atom stereocenters. The van der Waals surface area contributed by atoms with Crippen molar-refractivity contribution in [1.29, 1.82) is 0 Å². The topological polar surface area (TPSA) is 63.9 Å². The molecule has 4 aromatic rings. The molecule has 2 N–H and O–H groups in total. The Hall–Kier alpha value is -3.42. The Morgan fingerprint density at radius 3 is 2.44 bits per heavy atom. The number of anilines is 2. The third-order valence-corrected chi connectivity index (χ3v) is 6.04. The maximum Gasteiger partial charge on any atom is 0.246 e. The van der Waals surface area contributed by atoms with Gasteiger partial charge in [0, 0.05) is 16.4 Å². The normalized spacial score (nSPS) is 10.8. The summed E-state index contributed by atoms with van der Waals surface area (Å²) < 4.78 is 3.94. The van der Waals surface area contributed by atoms with E-state index >= 15 is 0 Å². The number of hydrogen-bond donors (Lipinski definition) is 2. The van der Waals surface area contributed by atoms with Crippen LogP contribution in [0.15, 0.2) is 66.7 Å². The van der Waals surface area contributed by atoms with Gasteiger partial charge in [-0.3, -0.25) is 9.36 Å². The molecule has 0 aliphatic heterocycles. The van der Waals surface area contributed by atoms with E-state index in [9.17, 15) is 4.79 Å². The van der Waals surface area contributed by atoms with E-state index in [-0.39, 0.29) is 12.5 Å². The Morgan fingerprint density at radius 1 is 0.971 bits per heavy atom. The first-order valence-electron chi connectivity index (χ1n) is 10.9. The van der Waals surface area contributed by atoms with E-state index in [1.165, 1.54) is 0 Å². The number of amides is 1. The predicted molar refractivity (Wildman–Crippen MR) is 140 cm³/mol. The first-order chi connectivity index (χ1) is 16.3. The van der Waals surface area contributed by atoms with Gasteiger partial charge in [-0.15, -0.1) is 0 Å². The third kappa shape index (κ3) is 5.55. The second-order valence-corrected chi connectivity index (χ2v) is 9.06. The van der Waals surface area contributed by atoms with Crippen molar-refractivity contribution < 1.29 is 4.79 Å². The number of hydrogen-bond acceptors (Lipinski definition) is 4. The molecular weight excluding hydrogens is 466 g/mol. The minimum Gasteiger partial charge on any atom is -0.378 e. The zero-order valence-electron chi connectivity index (χ0n) is 19.3. The van der Waals surface area contributed by atoms with Crippen LogP contribution in [-0.2, 0) is 17.9 Å². The molecule has 0 aliphatic carbocycles. The standard InChI is InChI=1S/C26H26ClN5OS/c1-17-8-11-21(12-9-17)29-25(33)16-31-26(34)32(23-13-18(2)7-10-19(23)3)24(30-31)15-28-22-6-4-5-20(27)14-22/h4-14,28H,15-16H2,1-3H3,(H,29,33). The highest BCUT2D eigenvalue weighted by Gasteiger charge is 2.16. The molecule has 6 nitrogen and oxygen atoms in total. The van der Waals surface area contributed by atoms with Crippen molar-refractivity contribution in [3.63, 3.8) is 0 Å². The number of aryl methyl sites for hydroxylation is 3. The van der Waals surface area contributed by atoms with E-state index in [2.05, 4.69) is 28.8 Å². The van der Waals surface area contributed by atoms with E-state index in [0.29, 0.717) is 22.2 Å². The summed E-state index contributed by atoms with van der Waals surface area (Å²) >= 11 is 11.9. The number of aromatic nitrogens is 3. The van der Waals surface area contributed by atoms with Gasteiger partial charge in [-0.05, 0) is 80.5 Å². The van der Waals surface area contributed by atoms with Crippen molar-refractivity contribution >= 4 is 41.1 Å². The van der Waals surface area contributed by atoms with Crippen LogP contribution in [0.1, 0.15) is 22.5 Å². The fourth-order valence-corrected chi connectivity index (χ4v) is 4.12. The van der Waals surface area contributed by atoms with Gasteiger partial charge in [0.05, 0.1) is 12.2 Å². The van der Waals surface area contributed by atoms with Crippen LogP contribution in [0.25, 0.3) is 5.69 Å². The van der Waals surface area contributed by atoms with Gasteiger partial charge in [0.15, 0.2) is 5.82 Å². The highest BCUT2D eigenvalue weighted by molar-refractivity contribution is 7.71. The SMILES string of the molecule is Cc1ccc(NC(=O)Cn2nc(CNc3cccc(Cl)c3)n(-c3cc(C)ccc3C)c2=S)cc1. The van der Waals surface area contributed by atoms with Crippen LogP contribution in [0.5, 0.6) is 0 Å². The molecule has 0 saturated heterocycles. The number of carbonyl (C=O) groups excluding carboxylic acids is 1. The number of nitrogens with one attached hydrogen (secondary N) is 2. The summed E-state index contributed by atoms with van der Waals surface area (Å²) in [6.07, 6.45) is 0. The molecule has 8 heteroatoms. The van der Waals surface area contributed by atoms with Gasteiger partial charge < -0.3 is 10.6 Å². The molecule has 3 aromatic carbocycles. The Balaban J connectivity index is 1.65. The van der Waals surface area contributed by atoms with Gasteiger partial charge in [-0.1, -0.05) is 47.5 Å². The summed E-state index contributed by atoms with van der Waals surface area (Å²) in [7, 11) is 0. The highest BCUT2D eigenvalue weighted by atomic mass is 35.5. The molecule has 0 saturated carbocycles. The van der Waals surface area contributed by atoms with E-state index in [1.807, 2.05) is 73.9 Å². The Morgan fingerprint density at radius 2 is 1.71 bits per heavy atom. The average molecular weight is 492 g/mol. The number of carbonyl (C=O) groups is 1. The molecule has 0 radical (unpaired) electrons. The lowest BCUT2D eigenvalue weighted by Crippen LogP contribution is -2.20. The van der Waals surface area contributed by atoms with Crippen molar-refractivity contribution in [3.8, 4) is 5.69 Å². The molecule has 0 spiro atoms. The number of rotatable bonds is 7. The minimum atomic E-state index is -0.195. The summed E-state index contributed by atoms with van der Waals surface area (Å²) in [4.78, 5) is 12.8. The molecule has 4 rings (SSSR count). The number of nitrogens with zero attached hydrogens (tertiary/aromatic N) is 3. The summed E-state index contributed by atoms with van der Waals surface area (Å²) in [5, 5.41) is 11.6. The molecule has 0 aliphatic rings. The lowest BCUT2D eigenvalue weighted by Gasteiger charge is -2.12. The predicted octanol–water partition coefficient (Wildman–Crippen LogP) is 6.23. The minimum absolute atomic E-state index is 0.00867. The smallest absolute Gasteiger partial charge is 0.246 e. The van der Waals surface area contributed by atoms with Gasteiger partial charge in [-0.2, -0.15) is 5.10 Å². The average Bonchev–Trinajstić information content (AvgIpc) is 3.10. The second-order valence-electron chi connectivity index (χ2n) is 8.26. The molecule has 1 heterocycles. The molecule has 174 valence electrons. The van der Waals surface area contributed by atoms with Gasteiger partial charge in [0.2, 0.25) is 10.7 Å². The van der Waals surface area contributed by atoms with Crippen LogP contribution >= 0.6 is 23.8 Å². The van der Waals surface area contributed by atoms with Crippen LogP contribution in [-0.4, -0.2) is 20.3 Å². The maximum absolute atomic E-state index is 12.8.